The molecule has 0 unspecified atom stereocenters. The largest absolute Gasteiger partial charge is 0.0619 e. The van der Waals surface area contributed by atoms with Gasteiger partial charge in [0.05, 0.1) is 0 Å². The summed E-state index contributed by atoms with van der Waals surface area (Å²) in [6.07, 6.45) is 2.12. The summed E-state index contributed by atoms with van der Waals surface area (Å²) in [6.45, 7) is 0. The molecule has 0 aromatic heterocycles. The van der Waals surface area contributed by atoms with Crippen molar-refractivity contribution in [3.8, 4) is 33.4 Å². The molecule has 5 aromatic carbocycles. The molecule has 0 heterocycles. The summed E-state index contributed by atoms with van der Waals surface area (Å²) < 4.78 is 0. The van der Waals surface area contributed by atoms with Crippen LogP contribution in [0.25, 0.3) is 33.4 Å². The van der Waals surface area contributed by atoms with Gasteiger partial charge in [-0.05, 0) is 68.5 Å². The molecule has 0 amide bonds. The molecule has 0 aliphatic heterocycles. The molecule has 2 aliphatic carbocycles. The van der Waals surface area contributed by atoms with Crippen LogP contribution in [0.2, 0.25) is 0 Å². The van der Waals surface area contributed by atoms with Gasteiger partial charge in [0.15, 0.2) is 0 Å². The molecular weight excluding hydrogens is 384 g/mol. The van der Waals surface area contributed by atoms with E-state index >= 15 is 0 Å². The molecule has 0 heteroatoms. The quantitative estimate of drug-likeness (QED) is 0.237. The molecule has 0 radical (unpaired) electrons. The Morgan fingerprint density at radius 1 is 0.250 bits per heavy atom. The highest BCUT2D eigenvalue weighted by Crippen LogP contribution is 2.40. The lowest BCUT2D eigenvalue weighted by Crippen LogP contribution is -1.89. The molecule has 0 nitrogen and oxygen atoms in total. The molecule has 0 atom stereocenters. The maximum absolute atomic E-state index is 2.24. The van der Waals surface area contributed by atoms with Gasteiger partial charge in [0, 0.05) is 0 Å². The molecular formula is C32H24. The first-order chi connectivity index (χ1) is 15.9. The molecule has 0 N–H and O–H groups in total. The standard InChI is InChI=1S/C19H14.C13H10/c1-3-9-16-14(7-1)13-15-8-2-4-10-17(15)19-12-6-5-11-18(16)19;1-3-7-12-10(5-1)9-11-6-2-4-8-13(11)12/h1-12H,13H2;1-8H,9H2. The number of hydrogen-bond donors (Lipinski definition) is 0. The van der Waals surface area contributed by atoms with E-state index in [9.17, 15) is 0 Å². The minimum absolute atomic E-state index is 1.01. The van der Waals surface area contributed by atoms with Gasteiger partial charge in [-0.3, -0.25) is 0 Å². The van der Waals surface area contributed by atoms with Crippen LogP contribution in [0.5, 0.6) is 0 Å². The van der Waals surface area contributed by atoms with E-state index in [1.54, 1.807) is 0 Å². The summed E-state index contributed by atoms with van der Waals surface area (Å²) in [5, 5.41) is 0. The van der Waals surface area contributed by atoms with Crippen LogP contribution in [0.15, 0.2) is 121 Å². The highest BCUT2D eigenvalue weighted by Gasteiger charge is 2.18. The fourth-order valence-corrected chi connectivity index (χ4v) is 5.11. The Morgan fingerprint density at radius 2 is 0.469 bits per heavy atom. The van der Waals surface area contributed by atoms with Crippen molar-refractivity contribution in [1.82, 2.24) is 0 Å². The van der Waals surface area contributed by atoms with Crippen LogP contribution in [0, 0.1) is 0 Å². The highest BCUT2D eigenvalue weighted by molar-refractivity contribution is 5.88. The average molecular weight is 409 g/mol. The SMILES string of the molecule is c1ccc2c(c1)Cc1ccccc1-2.c1ccc2c(c1)Cc1ccccc1-c1ccccc1-2. The number of hydrogen-bond acceptors (Lipinski definition) is 0. The molecule has 32 heavy (non-hydrogen) atoms. The van der Waals surface area contributed by atoms with Crippen molar-refractivity contribution < 1.29 is 0 Å². The van der Waals surface area contributed by atoms with Crippen LogP contribution in [0.4, 0.5) is 0 Å². The molecule has 0 saturated carbocycles. The lowest BCUT2D eigenvalue weighted by molar-refractivity contribution is 1.21. The lowest BCUT2D eigenvalue weighted by Gasteiger charge is -2.09. The van der Waals surface area contributed by atoms with Gasteiger partial charge in [0.2, 0.25) is 0 Å². The second-order valence-electron chi connectivity index (χ2n) is 8.53. The first kappa shape index (κ1) is 18.8. The first-order valence-electron chi connectivity index (χ1n) is 11.3. The Labute approximate surface area is 189 Å². The molecule has 2 aliphatic rings. The molecule has 0 fully saturated rings. The molecule has 152 valence electrons. The van der Waals surface area contributed by atoms with E-state index in [0.717, 1.165) is 12.8 Å². The van der Waals surface area contributed by atoms with Crippen LogP contribution in [0.3, 0.4) is 0 Å². The van der Waals surface area contributed by atoms with Gasteiger partial charge >= 0.3 is 0 Å². The van der Waals surface area contributed by atoms with Crippen LogP contribution in [-0.2, 0) is 12.8 Å². The highest BCUT2D eigenvalue weighted by atomic mass is 14.2. The van der Waals surface area contributed by atoms with Gasteiger partial charge in [-0.2, -0.15) is 0 Å². The monoisotopic (exact) mass is 408 g/mol. The van der Waals surface area contributed by atoms with Crippen molar-refractivity contribution in [3.63, 3.8) is 0 Å². The molecule has 0 saturated heterocycles. The van der Waals surface area contributed by atoms with Crippen molar-refractivity contribution in [3.05, 3.63) is 144 Å². The fraction of sp³-hybridized carbons (Fsp3) is 0.0625. The van der Waals surface area contributed by atoms with Crippen molar-refractivity contribution in [2.24, 2.45) is 0 Å². The smallest absolute Gasteiger partial charge is 0.00135 e. The minimum Gasteiger partial charge on any atom is -0.0619 e. The Hall–Kier alpha value is -3.90. The Bertz CT molecular complexity index is 1320. The first-order valence-corrected chi connectivity index (χ1v) is 11.3. The zero-order chi connectivity index (χ0) is 21.3. The van der Waals surface area contributed by atoms with Gasteiger partial charge in [-0.25, -0.2) is 0 Å². The predicted octanol–water partition coefficient (Wildman–Crippen LogP) is 8.18. The van der Waals surface area contributed by atoms with Crippen molar-refractivity contribution in [2.75, 3.05) is 0 Å². The van der Waals surface area contributed by atoms with E-state index in [-0.39, 0.29) is 0 Å². The number of fused-ring (bicyclic) bond motifs is 8. The Balaban J connectivity index is 0.000000131. The third-order valence-corrected chi connectivity index (χ3v) is 6.63. The summed E-state index contributed by atoms with van der Waals surface area (Å²) in [6, 6.07) is 43.5. The second kappa shape index (κ2) is 7.98. The number of benzene rings is 5. The van der Waals surface area contributed by atoms with Crippen molar-refractivity contribution in [1.29, 1.82) is 0 Å². The average Bonchev–Trinajstić information content (AvgIpc) is 3.17. The van der Waals surface area contributed by atoms with E-state index in [0.29, 0.717) is 0 Å². The summed E-state index contributed by atoms with van der Waals surface area (Å²) >= 11 is 0. The topological polar surface area (TPSA) is 0 Å². The maximum atomic E-state index is 2.24. The maximum Gasteiger partial charge on any atom is -0.00135 e. The van der Waals surface area contributed by atoms with Gasteiger partial charge in [0.25, 0.3) is 0 Å². The zero-order valence-electron chi connectivity index (χ0n) is 18.0. The van der Waals surface area contributed by atoms with Gasteiger partial charge in [0.1, 0.15) is 0 Å². The van der Waals surface area contributed by atoms with Crippen LogP contribution in [0.1, 0.15) is 22.3 Å². The van der Waals surface area contributed by atoms with Gasteiger partial charge in [-0.15, -0.1) is 0 Å². The lowest BCUT2D eigenvalue weighted by atomic mass is 9.95. The molecule has 0 bridgehead atoms. The zero-order valence-corrected chi connectivity index (χ0v) is 18.0. The second-order valence-corrected chi connectivity index (χ2v) is 8.53. The summed E-state index contributed by atoms with van der Waals surface area (Å²) in [5.41, 5.74) is 14.0. The normalized spacial score (nSPS) is 12.1. The predicted molar refractivity (Wildman–Crippen MR) is 135 cm³/mol. The van der Waals surface area contributed by atoms with E-state index in [1.165, 1.54) is 55.6 Å². The minimum atomic E-state index is 1.01. The van der Waals surface area contributed by atoms with E-state index in [2.05, 4.69) is 121 Å². The Morgan fingerprint density at radius 3 is 0.781 bits per heavy atom. The molecule has 0 spiro atoms. The summed E-state index contributed by atoms with van der Waals surface area (Å²) in [7, 11) is 0. The van der Waals surface area contributed by atoms with E-state index in [1.807, 2.05) is 0 Å². The molecule has 7 rings (SSSR count). The summed E-state index contributed by atoms with van der Waals surface area (Å²) in [5.74, 6) is 0. The third kappa shape index (κ3) is 3.25. The van der Waals surface area contributed by atoms with Crippen LogP contribution >= 0.6 is 0 Å². The van der Waals surface area contributed by atoms with Crippen molar-refractivity contribution in [2.45, 2.75) is 12.8 Å². The third-order valence-electron chi connectivity index (χ3n) is 6.63. The fourth-order valence-electron chi connectivity index (χ4n) is 5.11. The van der Waals surface area contributed by atoms with Crippen molar-refractivity contribution >= 4 is 0 Å². The Kier molecular flexibility index (Phi) is 4.70. The van der Waals surface area contributed by atoms with E-state index < -0.39 is 0 Å². The van der Waals surface area contributed by atoms with E-state index in [4.69, 9.17) is 0 Å². The van der Waals surface area contributed by atoms with Crippen LogP contribution < -0.4 is 0 Å². The summed E-state index contributed by atoms with van der Waals surface area (Å²) in [4.78, 5) is 0. The van der Waals surface area contributed by atoms with Gasteiger partial charge in [-0.1, -0.05) is 121 Å². The number of rotatable bonds is 0. The van der Waals surface area contributed by atoms with Crippen LogP contribution in [-0.4, -0.2) is 0 Å². The van der Waals surface area contributed by atoms with Gasteiger partial charge < -0.3 is 0 Å². The molecule has 5 aromatic rings.